The molecule has 32 heavy (non-hydrogen) atoms. The minimum Gasteiger partial charge on any atom is -0.490 e. The maximum Gasteiger partial charge on any atom is 0.262 e. The van der Waals surface area contributed by atoms with Crippen LogP contribution in [0.1, 0.15) is 23.6 Å². The molecule has 0 saturated carbocycles. The highest BCUT2D eigenvalue weighted by Crippen LogP contribution is 2.36. The zero-order chi connectivity index (χ0) is 23.1. The fraction of sp³-hybridized carbons (Fsp3) is 0.200. The Bertz CT molecular complexity index is 1150. The van der Waals surface area contributed by atoms with Gasteiger partial charge in [-0.2, -0.15) is 0 Å². The number of carbonyl (C=O) groups excluding carboxylic acids is 1. The molecule has 3 aromatic rings. The summed E-state index contributed by atoms with van der Waals surface area (Å²) in [6, 6.07) is 16.5. The molecule has 0 aliphatic rings. The molecule has 0 atom stereocenters. The molecule has 7 heteroatoms. The van der Waals surface area contributed by atoms with Crippen molar-refractivity contribution in [3.63, 3.8) is 0 Å². The number of aliphatic imine (C=N–C) groups is 1. The summed E-state index contributed by atoms with van der Waals surface area (Å²) >= 11 is 12.5. The van der Waals surface area contributed by atoms with Crippen LogP contribution in [0.4, 0.5) is 11.4 Å². The third kappa shape index (κ3) is 6.49. The van der Waals surface area contributed by atoms with E-state index >= 15 is 0 Å². The number of hydrogen-bond donors (Lipinski definition) is 1. The first-order valence-electron chi connectivity index (χ1n) is 10.1. The highest BCUT2D eigenvalue weighted by molar-refractivity contribution is 6.32. The summed E-state index contributed by atoms with van der Waals surface area (Å²) in [5.41, 5.74) is 4.25. The number of hydrogen-bond acceptors (Lipinski definition) is 4. The Balaban J connectivity index is 1.75. The Hall–Kier alpha value is -3.02. The number of ether oxygens (including phenoxy) is 2. The first kappa shape index (κ1) is 23.6. The predicted octanol–water partition coefficient (Wildman–Crippen LogP) is 6.78. The Kier molecular flexibility index (Phi) is 8.14. The number of benzene rings is 3. The van der Waals surface area contributed by atoms with Gasteiger partial charge in [-0.1, -0.05) is 41.4 Å². The lowest BCUT2D eigenvalue weighted by Crippen LogP contribution is -2.20. The van der Waals surface area contributed by atoms with E-state index in [0.717, 1.165) is 22.4 Å². The number of amides is 1. The largest absolute Gasteiger partial charge is 0.490 e. The van der Waals surface area contributed by atoms with Crippen molar-refractivity contribution < 1.29 is 14.3 Å². The minimum absolute atomic E-state index is 0.205. The van der Waals surface area contributed by atoms with Crippen LogP contribution in [0.2, 0.25) is 10.0 Å². The number of carbonyl (C=O) groups is 1. The molecule has 0 radical (unpaired) electrons. The molecule has 0 spiro atoms. The van der Waals surface area contributed by atoms with Gasteiger partial charge in [0.05, 0.1) is 17.3 Å². The topological polar surface area (TPSA) is 59.9 Å². The number of nitrogens with zero attached hydrogens (tertiary/aromatic N) is 1. The van der Waals surface area contributed by atoms with E-state index in [2.05, 4.69) is 10.3 Å². The van der Waals surface area contributed by atoms with Crippen LogP contribution < -0.4 is 14.8 Å². The van der Waals surface area contributed by atoms with Crippen molar-refractivity contribution in [1.29, 1.82) is 0 Å². The van der Waals surface area contributed by atoms with Crippen LogP contribution in [0.25, 0.3) is 0 Å². The average Bonchev–Trinajstić information content (AvgIpc) is 2.74. The third-order valence-electron chi connectivity index (χ3n) is 4.51. The van der Waals surface area contributed by atoms with Crippen molar-refractivity contribution in [3.8, 4) is 11.5 Å². The zero-order valence-electron chi connectivity index (χ0n) is 18.1. The summed E-state index contributed by atoms with van der Waals surface area (Å²) in [6.45, 7) is 5.98. The number of anilines is 1. The molecule has 166 valence electrons. The zero-order valence-corrected chi connectivity index (χ0v) is 19.6. The molecule has 0 aromatic heterocycles. The summed E-state index contributed by atoms with van der Waals surface area (Å²) in [5.74, 6) is 0.452. The lowest BCUT2D eigenvalue weighted by molar-refractivity contribution is -0.118. The van der Waals surface area contributed by atoms with Crippen molar-refractivity contribution in [3.05, 3.63) is 81.3 Å². The predicted molar refractivity (Wildman–Crippen MR) is 131 cm³/mol. The second kappa shape index (κ2) is 11.0. The van der Waals surface area contributed by atoms with E-state index in [1.165, 1.54) is 0 Å². The summed E-state index contributed by atoms with van der Waals surface area (Å²) in [5, 5.41) is 3.74. The van der Waals surface area contributed by atoms with Gasteiger partial charge in [-0.05, 0) is 73.9 Å². The summed E-state index contributed by atoms with van der Waals surface area (Å²) < 4.78 is 11.4. The quantitative estimate of drug-likeness (QED) is 0.369. The van der Waals surface area contributed by atoms with Gasteiger partial charge in [0.2, 0.25) is 0 Å². The van der Waals surface area contributed by atoms with Gasteiger partial charge in [-0.15, -0.1) is 0 Å². The van der Waals surface area contributed by atoms with Crippen LogP contribution in [-0.2, 0) is 4.79 Å². The first-order chi connectivity index (χ1) is 15.4. The Labute approximate surface area is 198 Å². The SMILES string of the molecule is CCOc1cc(C=Nc2cc(Cl)ccc2C)cc(Cl)c1OCC(=O)Nc1cccc(C)c1. The van der Waals surface area contributed by atoms with Crippen LogP contribution >= 0.6 is 23.2 Å². The molecule has 0 fully saturated rings. The van der Waals surface area contributed by atoms with E-state index in [4.69, 9.17) is 32.7 Å². The van der Waals surface area contributed by atoms with Gasteiger partial charge in [0.25, 0.3) is 5.91 Å². The van der Waals surface area contributed by atoms with Crippen LogP contribution in [0, 0.1) is 13.8 Å². The smallest absolute Gasteiger partial charge is 0.262 e. The van der Waals surface area contributed by atoms with Gasteiger partial charge in [0, 0.05) is 16.9 Å². The fourth-order valence-corrected chi connectivity index (χ4v) is 3.43. The normalized spacial score (nSPS) is 10.9. The minimum atomic E-state index is -0.295. The van der Waals surface area contributed by atoms with E-state index in [-0.39, 0.29) is 12.5 Å². The molecular weight excluding hydrogens is 447 g/mol. The number of rotatable bonds is 8. The Morgan fingerprint density at radius 2 is 1.88 bits per heavy atom. The molecule has 3 rings (SSSR count). The molecule has 5 nitrogen and oxygen atoms in total. The molecule has 0 bridgehead atoms. The van der Waals surface area contributed by atoms with Crippen molar-refractivity contribution in [2.24, 2.45) is 4.99 Å². The highest BCUT2D eigenvalue weighted by atomic mass is 35.5. The van der Waals surface area contributed by atoms with Gasteiger partial charge in [-0.25, -0.2) is 0 Å². The van der Waals surface area contributed by atoms with Crippen molar-refractivity contribution in [2.45, 2.75) is 20.8 Å². The summed E-state index contributed by atoms with van der Waals surface area (Å²) in [6.07, 6.45) is 1.68. The molecule has 0 heterocycles. The lowest BCUT2D eigenvalue weighted by Gasteiger charge is -2.14. The molecule has 0 aliphatic carbocycles. The van der Waals surface area contributed by atoms with Crippen LogP contribution in [-0.4, -0.2) is 25.3 Å². The number of nitrogens with one attached hydrogen (secondary N) is 1. The van der Waals surface area contributed by atoms with Gasteiger partial charge in [-0.3, -0.25) is 9.79 Å². The molecule has 0 aliphatic heterocycles. The Morgan fingerprint density at radius 3 is 2.62 bits per heavy atom. The second-order valence-electron chi connectivity index (χ2n) is 7.16. The van der Waals surface area contributed by atoms with Crippen molar-refractivity contribution >= 4 is 46.7 Å². The van der Waals surface area contributed by atoms with E-state index in [1.807, 2.05) is 57.2 Å². The summed E-state index contributed by atoms with van der Waals surface area (Å²) in [4.78, 5) is 16.8. The second-order valence-corrected chi connectivity index (χ2v) is 8.00. The van der Waals surface area contributed by atoms with Crippen LogP contribution in [0.15, 0.2) is 59.6 Å². The van der Waals surface area contributed by atoms with Gasteiger partial charge >= 0.3 is 0 Å². The van der Waals surface area contributed by atoms with E-state index in [1.54, 1.807) is 24.4 Å². The summed E-state index contributed by atoms with van der Waals surface area (Å²) in [7, 11) is 0. The molecule has 1 amide bonds. The monoisotopic (exact) mass is 470 g/mol. The maximum atomic E-state index is 12.3. The van der Waals surface area contributed by atoms with Gasteiger partial charge in [0.1, 0.15) is 0 Å². The highest BCUT2D eigenvalue weighted by Gasteiger charge is 2.14. The van der Waals surface area contributed by atoms with Crippen molar-refractivity contribution in [2.75, 3.05) is 18.5 Å². The molecule has 0 saturated heterocycles. The van der Waals surface area contributed by atoms with E-state index in [0.29, 0.717) is 33.8 Å². The van der Waals surface area contributed by atoms with Gasteiger partial charge in [0.15, 0.2) is 18.1 Å². The number of halogens is 2. The fourth-order valence-electron chi connectivity index (χ4n) is 2.99. The standard InChI is InChI=1S/C25H24Cl2N2O3/c1-4-31-23-12-18(14-28-22-13-19(26)9-8-17(22)3)11-21(27)25(23)32-15-24(30)29-20-7-5-6-16(2)10-20/h5-14H,4,15H2,1-3H3,(H,29,30). The molecule has 3 aromatic carbocycles. The Morgan fingerprint density at radius 1 is 1.06 bits per heavy atom. The van der Waals surface area contributed by atoms with Crippen molar-refractivity contribution in [1.82, 2.24) is 0 Å². The molecule has 0 unspecified atom stereocenters. The maximum absolute atomic E-state index is 12.3. The molecular formula is C25H24Cl2N2O3. The van der Waals surface area contributed by atoms with Gasteiger partial charge < -0.3 is 14.8 Å². The van der Waals surface area contributed by atoms with E-state index < -0.39 is 0 Å². The van der Waals surface area contributed by atoms with Crippen LogP contribution in [0.5, 0.6) is 11.5 Å². The average molecular weight is 471 g/mol. The van der Waals surface area contributed by atoms with E-state index in [9.17, 15) is 4.79 Å². The lowest BCUT2D eigenvalue weighted by atomic mass is 10.2. The molecule has 1 N–H and O–H groups in total. The first-order valence-corrected chi connectivity index (χ1v) is 10.9. The number of aryl methyl sites for hydroxylation is 2. The van der Waals surface area contributed by atoms with Crippen LogP contribution in [0.3, 0.4) is 0 Å². The third-order valence-corrected chi connectivity index (χ3v) is 5.02.